The zero-order chi connectivity index (χ0) is 35.9. The molecule has 3 N–H and O–H groups in total. The lowest BCUT2D eigenvalue weighted by Crippen LogP contribution is -2.45. The molecule has 11 nitrogen and oxygen atoms in total. The van der Waals surface area contributed by atoms with Crippen LogP contribution in [0.2, 0.25) is 0 Å². The number of fused-ring (bicyclic) bond motifs is 2. The first-order valence-corrected chi connectivity index (χ1v) is 19.1. The number of hydrogen-bond donors (Lipinski definition) is 3. The Hall–Kier alpha value is -4.24. The van der Waals surface area contributed by atoms with E-state index in [2.05, 4.69) is 37.6 Å². The second-order valence-electron chi connectivity index (χ2n) is 13.1. The van der Waals surface area contributed by atoms with E-state index in [-0.39, 0.29) is 29.9 Å². The minimum atomic E-state index is -1.09. The van der Waals surface area contributed by atoms with Gasteiger partial charge in [-0.3, -0.25) is 4.90 Å². The van der Waals surface area contributed by atoms with Crippen molar-refractivity contribution < 1.29 is 19.0 Å². The van der Waals surface area contributed by atoms with Gasteiger partial charge >= 0.3 is 5.97 Å². The van der Waals surface area contributed by atoms with Crippen LogP contribution in [0.3, 0.4) is 0 Å². The predicted octanol–water partition coefficient (Wildman–Crippen LogP) is 7.39. The van der Waals surface area contributed by atoms with Crippen LogP contribution in [-0.2, 0) is 19.3 Å². The lowest BCUT2D eigenvalue weighted by atomic mass is 9.97. The van der Waals surface area contributed by atoms with Gasteiger partial charge < -0.3 is 25.4 Å². The molecule has 0 unspecified atom stereocenters. The summed E-state index contributed by atoms with van der Waals surface area (Å²) in [5.74, 6) is 0.0500. The number of halogens is 1. The zero-order valence-electron chi connectivity index (χ0n) is 29.5. The van der Waals surface area contributed by atoms with Gasteiger partial charge in [-0.15, -0.1) is 21.5 Å². The molecule has 1 aliphatic rings. The highest BCUT2D eigenvalue weighted by Crippen LogP contribution is 2.39. The number of carbonyl (C=O) groups is 1. The SMILES string of the molecule is CCCCN[C@@H]1Cc2c(nnc(Nc3nc4ccccc4s3)c2C)N(c2nc(C(=O)O)c(CCCOc3ccc(CCCN(C)C)cc3F)s2)C1. The Morgan fingerprint density at radius 1 is 1.10 bits per heavy atom. The number of nitrogens with zero attached hydrogens (tertiary/aromatic N) is 6. The van der Waals surface area contributed by atoms with Crippen molar-refractivity contribution in [2.24, 2.45) is 0 Å². The molecule has 1 aliphatic heterocycles. The molecular formula is C37H45FN8O3S2. The van der Waals surface area contributed by atoms with Crippen LogP contribution in [0.25, 0.3) is 10.2 Å². The maximum Gasteiger partial charge on any atom is 0.355 e. The average molecular weight is 733 g/mol. The molecule has 0 spiro atoms. The molecule has 0 radical (unpaired) electrons. The van der Waals surface area contributed by atoms with E-state index >= 15 is 0 Å². The number of anilines is 4. The Kier molecular flexibility index (Phi) is 12.1. The largest absolute Gasteiger partial charge is 0.491 e. The van der Waals surface area contributed by atoms with Crippen molar-refractivity contribution in [2.45, 2.75) is 64.8 Å². The van der Waals surface area contributed by atoms with E-state index in [1.807, 2.05) is 56.3 Å². The van der Waals surface area contributed by atoms with Crippen molar-refractivity contribution in [3.8, 4) is 5.75 Å². The molecule has 1 atom stereocenters. The standard InChI is InChI=1S/C37H45FN8O3S2/c1-5-6-17-39-25-21-26-23(2)33(42-36-40-28-12-7-8-13-30(28)50-36)43-44-34(26)46(22-25)37-41-32(35(47)48)31(51-37)14-10-19-49-29-16-15-24(20-27(29)38)11-9-18-45(3)4/h7-8,12-13,15-16,20,25,39H,5-6,9-11,14,17-19,21-22H2,1-4H3,(H,47,48)(H,40,42,43)/t25-/m1/s1. The van der Waals surface area contributed by atoms with E-state index in [0.717, 1.165) is 77.2 Å². The Balaban J connectivity index is 1.18. The highest BCUT2D eigenvalue weighted by atomic mass is 32.1. The first-order chi connectivity index (χ1) is 24.7. The number of benzene rings is 2. The van der Waals surface area contributed by atoms with Crippen molar-refractivity contribution in [3.63, 3.8) is 0 Å². The smallest absolute Gasteiger partial charge is 0.355 e. The summed E-state index contributed by atoms with van der Waals surface area (Å²) in [6.45, 7) is 6.84. The van der Waals surface area contributed by atoms with Crippen molar-refractivity contribution in [1.82, 2.24) is 30.4 Å². The monoisotopic (exact) mass is 732 g/mol. The van der Waals surface area contributed by atoms with E-state index in [1.165, 1.54) is 17.4 Å². The molecule has 3 aromatic heterocycles. The molecular weight excluding hydrogens is 688 g/mol. The number of unbranched alkanes of at least 4 members (excludes halogenated alkanes) is 1. The maximum atomic E-state index is 14.8. The van der Waals surface area contributed by atoms with Gasteiger partial charge in [-0.1, -0.05) is 42.9 Å². The van der Waals surface area contributed by atoms with Crippen molar-refractivity contribution in [1.29, 1.82) is 0 Å². The van der Waals surface area contributed by atoms with Gasteiger partial charge in [-0.25, -0.2) is 19.2 Å². The summed E-state index contributed by atoms with van der Waals surface area (Å²) in [5.41, 5.74) is 3.87. The summed E-state index contributed by atoms with van der Waals surface area (Å²) in [6, 6.07) is 13.2. The molecule has 0 fully saturated rings. The molecule has 2 aromatic carbocycles. The molecule has 0 bridgehead atoms. The number of thiazole rings is 2. The van der Waals surface area contributed by atoms with Gasteiger partial charge in [0, 0.05) is 28.6 Å². The molecule has 0 saturated heterocycles. The summed E-state index contributed by atoms with van der Waals surface area (Å²) in [5, 5.41) is 27.8. The van der Waals surface area contributed by atoms with E-state index < -0.39 is 5.97 Å². The van der Waals surface area contributed by atoms with Crippen LogP contribution >= 0.6 is 22.7 Å². The number of aromatic carboxylic acids is 1. The van der Waals surface area contributed by atoms with Gasteiger partial charge in [-0.2, -0.15) is 0 Å². The third-order valence-electron chi connectivity index (χ3n) is 8.91. The molecule has 4 heterocycles. The second-order valence-corrected chi connectivity index (χ2v) is 15.2. The van der Waals surface area contributed by atoms with Gasteiger partial charge in [-0.05, 0) is 102 Å². The Labute approximate surface area is 305 Å². The third-order valence-corrected chi connectivity index (χ3v) is 11.0. The van der Waals surface area contributed by atoms with Crippen molar-refractivity contribution in [2.75, 3.05) is 50.6 Å². The lowest BCUT2D eigenvalue weighted by Gasteiger charge is -2.34. The van der Waals surface area contributed by atoms with Crippen LogP contribution in [0.4, 0.5) is 26.3 Å². The normalized spacial score (nSPS) is 14.3. The van der Waals surface area contributed by atoms with Gasteiger partial charge in [0.15, 0.2) is 39.2 Å². The summed E-state index contributed by atoms with van der Waals surface area (Å²) in [4.78, 5) is 26.5. The number of rotatable bonds is 17. The van der Waals surface area contributed by atoms with Gasteiger partial charge in [0.25, 0.3) is 0 Å². The molecule has 0 aliphatic carbocycles. The molecule has 0 saturated carbocycles. The fourth-order valence-corrected chi connectivity index (χ4v) is 8.15. The van der Waals surface area contributed by atoms with Crippen LogP contribution in [0.15, 0.2) is 42.5 Å². The first kappa shape index (κ1) is 36.5. The second kappa shape index (κ2) is 16.9. The Bertz CT molecular complexity index is 1930. The minimum absolute atomic E-state index is 0.0182. The van der Waals surface area contributed by atoms with Crippen LogP contribution in [0.1, 0.15) is 64.7 Å². The Morgan fingerprint density at radius 3 is 2.71 bits per heavy atom. The average Bonchev–Trinajstić information content (AvgIpc) is 3.73. The fraction of sp³-hybridized carbons (Fsp3) is 0.432. The number of carboxylic acids is 1. The van der Waals surface area contributed by atoms with Crippen LogP contribution in [0.5, 0.6) is 5.75 Å². The number of para-hydroxylation sites is 1. The summed E-state index contributed by atoms with van der Waals surface area (Å²) < 4.78 is 21.6. The highest BCUT2D eigenvalue weighted by molar-refractivity contribution is 7.22. The van der Waals surface area contributed by atoms with E-state index in [0.29, 0.717) is 41.0 Å². The highest BCUT2D eigenvalue weighted by Gasteiger charge is 2.32. The quantitative estimate of drug-likeness (QED) is 0.0828. The number of hydrogen-bond acceptors (Lipinski definition) is 12. The maximum absolute atomic E-state index is 14.8. The Morgan fingerprint density at radius 2 is 1.94 bits per heavy atom. The van der Waals surface area contributed by atoms with E-state index in [9.17, 15) is 14.3 Å². The number of aryl methyl sites for hydroxylation is 2. The van der Waals surface area contributed by atoms with Crippen LogP contribution in [-0.4, -0.2) is 82.5 Å². The van der Waals surface area contributed by atoms with E-state index in [1.54, 1.807) is 17.4 Å². The molecule has 5 aromatic rings. The molecule has 14 heteroatoms. The first-order valence-electron chi connectivity index (χ1n) is 17.5. The number of aromatic nitrogens is 4. The minimum Gasteiger partial charge on any atom is -0.491 e. The number of nitrogens with one attached hydrogen (secondary N) is 2. The predicted molar refractivity (Wildman–Crippen MR) is 203 cm³/mol. The summed E-state index contributed by atoms with van der Waals surface area (Å²) >= 11 is 2.91. The zero-order valence-corrected chi connectivity index (χ0v) is 31.2. The molecule has 270 valence electrons. The molecule has 51 heavy (non-hydrogen) atoms. The van der Waals surface area contributed by atoms with E-state index in [4.69, 9.17) is 9.72 Å². The lowest BCUT2D eigenvalue weighted by molar-refractivity contribution is 0.0690. The molecule has 6 rings (SSSR count). The van der Waals surface area contributed by atoms with Crippen LogP contribution in [0, 0.1) is 12.7 Å². The summed E-state index contributed by atoms with van der Waals surface area (Å²) in [7, 11) is 4.04. The van der Waals surface area contributed by atoms with Gasteiger partial charge in [0.1, 0.15) is 0 Å². The van der Waals surface area contributed by atoms with Gasteiger partial charge in [0.05, 0.1) is 16.8 Å². The number of carboxylic acid groups (broad SMARTS) is 1. The molecule has 0 amide bonds. The number of ether oxygens (including phenoxy) is 1. The van der Waals surface area contributed by atoms with Crippen LogP contribution < -0.4 is 20.3 Å². The third kappa shape index (κ3) is 8.98. The van der Waals surface area contributed by atoms with Crippen molar-refractivity contribution in [3.05, 3.63) is 75.5 Å². The fourth-order valence-electron chi connectivity index (χ4n) is 6.18. The van der Waals surface area contributed by atoms with Crippen molar-refractivity contribution >= 4 is 60.8 Å². The van der Waals surface area contributed by atoms with Gasteiger partial charge in [0.2, 0.25) is 0 Å². The summed E-state index contributed by atoms with van der Waals surface area (Å²) in [6.07, 6.45) is 5.56. The topological polar surface area (TPSA) is 129 Å².